The van der Waals surface area contributed by atoms with Crippen LogP contribution < -0.4 is 0 Å². The predicted molar refractivity (Wildman–Crippen MR) is 84.6 cm³/mol. The van der Waals surface area contributed by atoms with Crippen molar-refractivity contribution in [3.05, 3.63) is 43.4 Å². The third-order valence-electron chi connectivity index (χ3n) is 2.95. The van der Waals surface area contributed by atoms with Gasteiger partial charge in [-0.1, -0.05) is 95.2 Å². The predicted octanol–water partition coefficient (Wildman–Crippen LogP) is 6.41. The molecular weight excluding hydrogens is 216 g/mol. The molecule has 0 N–H and O–H groups in total. The lowest BCUT2D eigenvalue weighted by atomic mass is 10.1. The highest BCUT2D eigenvalue weighted by molar-refractivity contribution is 5.10. The Balaban J connectivity index is 3.26. The quantitative estimate of drug-likeness (QED) is 0.276. The van der Waals surface area contributed by atoms with E-state index in [0.29, 0.717) is 0 Å². The van der Waals surface area contributed by atoms with Crippen LogP contribution in [0.5, 0.6) is 0 Å². The van der Waals surface area contributed by atoms with Gasteiger partial charge in [-0.2, -0.15) is 0 Å². The molecule has 0 atom stereocenters. The van der Waals surface area contributed by atoms with Gasteiger partial charge in [0.1, 0.15) is 0 Å². The van der Waals surface area contributed by atoms with Crippen LogP contribution in [0.25, 0.3) is 0 Å². The Bertz CT molecular complexity index is 220. The van der Waals surface area contributed by atoms with Crippen molar-refractivity contribution < 1.29 is 0 Å². The van der Waals surface area contributed by atoms with Gasteiger partial charge in [0.25, 0.3) is 0 Å². The van der Waals surface area contributed by atoms with Crippen LogP contribution in [-0.2, 0) is 0 Å². The number of allylic oxidation sites excluding steroid dienone is 6. The number of hydrogen-bond acceptors (Lipinski definition) is 0. The average molecular weight is 247 g/mol. The summed E-state index contributed by atoms with van der Waals surface area (Å²) < 4.78 is 0. The number of rotatable bonds is 12. The Kier molecular flexibility index (Phi) is 15.5. The molecule has 0 unspecified atom stereocenters. The van der Waals surface area contributed by atoms with Crippen LogP contribution in [0.3, 0.4) is 0 Å². The van der Waals surface area contributed by atoms with Gasteiger partial charge in [0, 0.05) is 0 Å². The first-order chi connectivity index (χ1) is 8.91. The Labute approximate surface area is 115 Å². The minimum atomic E-state index is 1.09. The second-order valence-corrected chi connectivity index (χ2v) is 4.79. The Hall–Kier alpha value is -0.780. The molecule has 0 aliphatic rings. The van der Waals surface area contributed by atoms with Crippen LogP contribution in [0, 0.1) is 6.92 Å². The van der Waals surface area contributed by atoms with Crippen molar-refractivity contribution >= 4 is 0 Å². The molecule has 1 radical (unpaired) electrons. The third kappa shape index (κ3) is 15.2. The SMILES string of the molecule is [CH2]CCCCCCC\C=C/C=C/C=C\CCCC. The van der Waals surface area contributed by atoms with Gasteiger partial charge >= 0.3 is 0 Å². The van der Waals surface area contributed by atoms with Gasteiger partial charge in [0.15, 0.2) is 0 Å². The molecule has 0 bridgehead atoms. The van der Waals surface area contributed by atoms with E-state index in [2.05, 4.69) is 50.3 Å². The van der Waals surface area contributed by atoms with Gasteiger partial charge in [0.2, 0.25) is 0 Å². The van der Waals surface area contributed by atoms with Gasteiger partial charge in [-0.15, -0.1) is 0 Å². The molecule has 0 aromatic heterocycles. The Morgan fingerprint density at radius 3 is 1.83 bits per heavy atom. The lowest BCUT2D eigenvalue weighted by molar-refractivity contribution is 0.621. The summed E-state index contributed by atoms with van der Waals surface area (Å²) in [5.41, 5.74) is 0. The van der Waals surface area contributed by atoms with Crippen LogP contribution in [0.4, 0.5) is 0 Å². The van der Waals surface area contributed by atoms with E-state index in [1.165, 1.54) is 57.8 Å². The summed E-state index contributed by atoms with van der Waals surface area (Å²) in [6, 6.07) is 0. The molecule has 0 rings (SSSR count). The van der Waals surface area contributed by atoms with E-state index in [4.69, 9.17) is 0 Å². The smallest absolute Gasteiger partial charge is 0.0348 e. The number of unbranched alkanes of at least 4 members (excludes halogenated alkanes) is 8. The molecule has 0 heteroatoms. The molecule has 0 saturated heterocycles. The summed E-state index contributed by atoms with van der Waals surface area (Å²) in [7, 11) is 0. The largest absolute Gasteiger partial charge is 0.0845 e. The molecule has 103 valence electrons. The minimum Gasteiger partial charge on any atom is -0.0845 e. The Morgan fingerprint density at radius 2 is 1.22 bits per heavy atom. The summed E-state index contributed by atoms with van der Waals surface area (Å²) >= 11 is 0. The Morgan fingerprint density at radius 1 is 0.667 bits per heavy atom. The van der Waals surface area contributed by atoms with E-state index in [1.54, 1.807) is 0 Å². The van der Waals surface area contributed by atoms with Crippen molar-refractivity contribution in [2.75, 3.05) is 0 Å². The zero-order valence-corrected chi connectivity index (χ0v) is 12.2. The monoisotopic (exact) mass is 247 g/mol. The zero-order valence-electron chi connectivity index (χ0n) is 12.2. The molecule has 0 fully saturated rings. The van der Waals surface area contributed by atoms with Gasteiger partial charge in [0.05, 0.1) is 0 Å². The summed E-state index contributed by atoms with van der Waals surface area (Å²) in [5.74, 6) is 0. The van der Waals surface area contributed by atoms with Gasteiger partial charge in [-0.3, -0.25) is 0 Å². The summed E-state index contributed by atoms with van der Waals surface area (Å²) in [6.45, 7) is 6.09. The van der Waals surface area contributed by atoms with E-state index >= 15 is 0 Å². The van der Waals surface area contributed by atoms with Crippen LogP contribution in [0.2, 0.25) is 0 Å². The van der Waals surface area contributed by atoms with E-state index in [-0.39, 0.29) is 0 Å². The van der Waals surface area contributed by atoms with Crippen molar-refractivity contribution in [3.8, 4) is 0 Å². The standard InChI is InChI=1S/C18H31/c1-3-5-7-9-11-13-15-17-18-16-14-12-10-8-6-4-2/h10,12,14,16-18H,1,3-9,11,13,15H2,2H3/b12-10-,16-14+,18-17-. The molecule has 0 aliphatic heterocycles. The maximum atomic E-state index is 3.86. The second kappa shape index (κ2) is 16.2. The molecule has 0 saturated carbocycles. The molecule has 0 amide bonds. The maximum Gasteiger partial charge on any atom is -0.0348 e. The van der Waals surface area contributed by atoms with E-state index in [9.17, 15) is 0 Å². The molecule has 0 aromatic rings. The van der Waals surface area contributed by atoms with Crippen molar-refractivity contribution in [2.24, 2.45) is 0 Å². The molecule has 0 heterocycles. The highest BCUT2D eigenvalue weighted by Gasteiger charge is 1.87. The molecule has 18 heavy (non-hydrogen) atoms. The normalized spacial score (nSPS) is 12.3. The first-order valence-corrected chi connectivity index (χ1v) is 7.69. The molecule has 0 aromatic carbocycles. The minimum absolute atomic E-state index is 1.09. The van der Waals surface area contributed by atoms with Crippen molar-refractivity contribution in [1.82, 2.24) is 0 Å². The molecular formula is C18H31. The zero-order chi connectivity index (χ0) is 13.3. The first-order valence-electron chi connectivity index (χ1n) is 7.69. The van der Waals surface area contributed by atoms with E-state index < -0.39 is 0 Å². The van der Waals surface area contributed by atoms with Gasteiger partial charge < -0.3 is 0 Å². The molecule has 0 aliphatic carbocycles. The second-order valence-electron chi connectivity index (χ2n) is 4.79. The topological polar surface area (TPSA) is 0 Å². The molecule has 0 nitrogen and oxygen atoms in total. The van der Waals surface area contributed by atoms with E-state index in [0.717, 1.165) is 6.42 Å². The van der Waals surface area contributed by atoms with Crippen LogP contribution in [0.1, 0.15) is 71.1 Å². The lowest BCUT2D eigenvalue weighted by Crippen LogP contribution is -1.77. The lowest BCUT2D eigenvalue weighted by Gasteiger charge is -1.97. The van der Waals surface area contributed by atoms with Crippen LogP contribution >= 0.6 is 0 Å². The highest BCUT2D eigenvalue weighted by atomic mass is 13.9. The first kappa shape index (κ1) is 17.2. The van der Waals surface area contributed by atoms with Crippen LogP contribution in [-0.4, -0.2) is 0 Å². The summed E-state index contributed by atoms with van der Waals surface area (Å²) in [5, 5.41) is 0. The van der Waals surface area contributed by atoms with Gasteiger partial charge in [-0.05, 0) is 19.3 Å². The highest BCUT2D eigenvalue weighted by Crippen LogP contribution is 2.06. The van der Waals surface area contributed by atoms with E-state index in [1.807, 2.05) is 0 Å². The van der Waals surface area contributed by atoms with Crippen molar-refractivity contribution in [1.29, 1.82) is 0 Å². The third-order valence-corrected chi connectivity index (χ3v) is 2.95. The molecule has 0 spiro atoms. The van der Waals surface area contributed by atoms with Crippen molar-refractivity contribution in [2.45, 2.75) is 71.1 Å². The fraction of sp³-hybridized carbons (Fsp3) is 0.611. The fourth-order valence-corrected chi connectivity index (χ4v) is 1.77. The van der Waals surface area contributed by atoms with Gasteiger partial charge in [-0.25, -0.2) is 0 Å². The fourth-order valence-electron chi connectivity index (χ4n) is 1.77. The maximum absolute atomic E-state index is 3.86. The van der Waals surface area contributed by atoms with Crippen molar-refractivity contribution in [3.63, 3.8) is 0 Å². The average Bonchev–Trinajstić information content (AvgIpc) is 2.39. The summed E-state index contributed by atoms with van der Waals surface area (Å²) in [4.78, 5) is 0. The number of hydrogen-bond donors (Lipinski definition) is 0. The van der Waals surface area contributed by atoms with Crippen LogP contribution in [0.15, 0.2) is 36.5 Å². The summed E-state index contributed by atoms with van der Waals surface area (Å²) in [6.07, 6.45) is 25.9.